The molecule has 0 bridgehead atoms. The maximum atomic E-state index is 12.7. The topological polar surface area (TPSA) is 58.6 Å². The first-order valence-corrected chi connectivity index (χ1v) is 9.85. The smallest absolute Gasteiger partial charge is 0.255 e. The maximum Gasteiger partial charge on any atom is 0.255 e. The summed E-state index contributed by atoms with van der Waals surface area (Å²) in [5.41, 5.74) is 1.13. The summed E-state index contributed by atoms with van der Waals surface area (Å²) in [6.07, 6.45) is 1.22. The fourth-order valence-corrected chi connectivity index (χ4v) is 3.72. The van der Waals surface area contributed by atoms with Crippen LogP contribution >= 0.6 is 27.5 Å². The predicted molar refractivity (Wildman–Crippen MR) is 109 cm³/mol. The average molecular weight is 452 g/mol. The highest BCUT2D eigenvalue weighted by Gasteiger charge is 2.29. The molecule has 1 fully saturated rings. The summed E-state index contributed by atoms with van der Waals surface area (Å²) in [5, 5.41) is 3.36. The van der Waals surface area contributed by atoms with Crippen LogP contribution in [0.15, 0.2) is 46.9 Å². The number of carbonyl (C=O) groups excluding carboxylic acids is 2. The second-order valence-electron chi connectivity index (χ2n) is 6.38. The number of rotatable bonds is 4. The van der Waals surface area contributed by atoms with Crippen molar-refractivity contribution in [2.45, 2.75) is 12.8 Å². The van der Waals surface area contributed by atoms with Crippen LogP contribution in [0.1, 0.15) is 23.2 Å². The van der Waals surface area contributed by atoms with Crippen molar-refractivity contribution in [2.24, 2.45) is 5.92 Å². The molecule has 27 heavy (non-hydrogen) atoms. The average Bonchev–Trinajstić information content (AvgIpc) is 2.69. The van der Waals surface area contributed by atoms with Crippen LogP contribution in [0.5, 0.6) is 5.75 Å². The zero-order chi connectivity index (χ0) is 19.4. The Hall–Kier alpha value is -2.05. The highest BCUT2D eigenvalue weighted by atomic mass is 79.9. The first-order valence-electron chi connectivity index (χ1n) is 8.68. The van der Waals surface area contributed by atoms with Gasteiger partial charge in [-0.15, -0.1) is 0 Å². The lowest BCUT2D eigenvalue weighted by atomic mass is 9.95. The van der Waals surface area contributed by atoms with Crippen LogP contribution in [0.25, 0.3) is 0 Å². The second-order valence-corrected chi connectivity index (χ2v) is 7.70. The van der Waals surface area contributed by atoms with Gasteiger partial charge in [-0.05, 0) is 43.2 Å². The van der Waals surface area contributed by atoms with Gasteiger partial charge in [0.1, 0.15) is 5.75 Å². The molecule has 0 aliphatic carbocycles. The molecule has 1 aliphatic rings. The van der Waals surface area contributed by atoms with Crippen LogP contribution in [0.3, 0.4) is 0 Å². The number of piperidine rings is 1. The molecule has 5 nitrogen and oxygen atoms in total. The van der Waals surface area contributed by atoms with E-state index >= 15 is 0 Å². The molecule has 2 amide bonds. The van der Waals surface area contributed by atoms with Gasteiger partial charge < -0.3 is 15.0 Å². The number of ether oxygens (including phenoxy) is 1. The summed E-state index contributed by atoms with van der Waals surface area (Å²) in [6, 6.07) is 12.5. The molecule has 0 aromatic heterocycles. The standard InChI is InChI=1S/C20H20BrClN2O3/c1-27-18-5-3-2-4-17(18)23-19(25)13-8-10-24(11-9-13)20(26)15-12-14(21)6-7-16(15)22/h2-7,12-13H,8-11H2,1H3,(H,23,25). The van der Waals surface area contributed by atoms with Crippen LogP contribution in [0.4, 0.5) is 5.69 Å². The lowest BCUT2D eigenvalue weighted by molar-refractivity contribution is -0.121. The summed E-state index contributed by atoms with van der Waals surface area (Å²) in [7, 11) is 1.57. The third-order valence-corrected chi connectivity index (χ3v) is 5.50. The summed E-state index contributed by atoms with van der Waals surface area (Å²) < 4.78 is 6.07. The van der Waals surface area contributed by atoms with Crippen molar-refractivity contribution in [3.8, 4) is 5.75 Å². The van der Waals surface area contributed by atoms with Crippen LogP contribution in [-0.4, -0.2) is 36.9 Å². The molecule has 0 radical (unpaired) electrons. The van der Waals surface area contributed by atoms with Gasteiger partial charge in [-0.1, -0.05) is 39.7 Å². The third kappa shape index (κ3) is 4.62. The molecule has 2 aromatic rings. The van der Waals surface area contributed by atoms with E-state index < -0.39 is 0 Å². The molecule has 3 rings (SSSR count). The molecule has 1 aliphatic heterocycles. The molecule has 142 valence electrons. The van der Waals surface area contributed by atoms with Gasteiger partial charge >= 0.3 is 0 Å². The minimum atomic E-state index is -0.142. The van der Waals surface area contributed by atoms with Crippen molar-refractivity contribution in [2.75, 3.05) is 25.5 Å². The largest absolute Gasteiger partial charge is 0.495 e. The van der Waals surface area contributed by atoms with Crippen molar-refractivity contribution in [3.63, 3.8) is 0 Å². The van der Waals surface area contributed by atoms with Gasteiger partial charge in [0.05, 0.1) is 23.4 Å². The Morgan fingerprint density at radius 3 is 2.59 bits per heavy atom. The number of halogens is 2. The number of nitrogens with one attached hydrogen (secondary N) is 1. The fourth-order valence-electron chi connectivity index (χ4n) is 3.16. The van der Waals surface area contributed by atoms with E-state index in [1.165, 1.54) is 0 Å². The van der Waals surface area contributed by atoms with Crippen molar-refractivity contribution in [1.82, 2.24) is 4.90 Å². The SMILES string of the molecule is COc1ccccc1NC(=O)C1CCN(C(=O)c2cc(Br)ccc2Cl)CC1. The van der Waals surface area contributed by atoms with Crippen LogP contribution in [-0.2, 0) is 4.79 Å². The molecule has 2 aromatic carbocycles. The number of para-hydroxylation sites is 2. The molecular weight excluding hydrogens is 432 g/mol. The van der Waals surface area contributed by atoms with Crippen molar-refractivity contribution < 1.29 is 14.3 Å². The van der Waals surface area contributed by atoms with Gasteiger partial charge in [0.15, 0.2) is 0 Å². The van der Waals surface area contributed by atoms with Crippen LogP contribution in [0, 0.1) is 5.92 Å². The van der Waals surface area contributed by atoms with E-state index in [9.17, 15) is 9.59 Å². The van der Waals surface area contributed by atoms with Gasteiger partial charge in [0.25, 0.3) is 5.91 Å². The molecule has 0 saturated carbocycles. The van der Waals surface area contributed by atoms with Gasteiger partial charge in [0.2, 0.25) is 5.91 Å². The van der Waals surface area contributed by atoms with Crippen molar-refractivity contribution in [3.05, 3.63) is 57.5 Å². The normalized spacial score (nSPS) is 14.7. The second kappa shape index (κ2) is 8.76. The first kappa shape index (κ1) is 19.7. The Balaban J connectivity index is 1.60. The number of hydrogen-bond acceptors (Lipinski definition) is 3. The van der Waals surface area contributed by atoms with Crippen LogP contribution in [0.2, 0.25) is 5.02 Å². The highest BCUT2D eigenvalue weighted by molar-refractivity contribution is 9.10. The lowest BCUT2D eigenvalue weighted by Crippen LogP contribution is -2.41. The van der Waals surface area contributed by atoms with Gasteiger partial charge in [-0.2, -0.15) is 0 Å². The number of hydrogen-bond donors (Lipinski definition) is 1. The Labute approximate surface area is 171 Å². The lowest BCUT2D eigenvalue weighted by Gasteiger charge is -2.31. The molecule has 1 N–H and O–H groups in total. The zero-order valence-electron chi connectivity index (χ0n) is 14.9. The minimum absolute atomic E-state index is 0.0490. The van der Waals surface area contributed by atoms with Crippen molar-refractivity contribution in [1.29, 1.82) is 0 Å². The summed E-state index contributed by atoms with van der Waals surface area (Å²) in [5.74, 6) is 0.330. The Morgan fingerprint density at radius 1 is 1.19 bits per heavy atom. The Bertz CT molecular complexity index is 851. The predicted octanol–water partition coefficient (Wildman–Crippen LogP) is 4.60. The summed E-state index contributed by atoms with van der Waals surface area (Å²) in [4.78, 5) is 27.1. The van der Waals surface area contributed by atoms with E-state index in [0.29, 0.717) is 48.0 Å². The van der Waals surface area contributed by atoms with E-state index in [2.05, 4.69) is 21.2 Å². The molecule has 7 heteroatoms. The van der Waals surface area contributed by atoms with E-state index in [0.717, 1.165) is 4.47 Å². The highest BCUT2D eigenvalue weighted by Crippen LogP contribution is 2.27. The summed E-state index contributed by atoms with van der Waals surface area (Å²) >= 11 is 9.53. The number of carbonyl (C=O) groups is 2. The van der Waals surface area contributed by atoms with Gasteiger partial charge in [-0.3, -0.25) is 9.59 Å². The van der Waals surface area contributed by atoms with Crippen LogP contribution < -0.4 is 10.1 Å². The first-order chi connectivity index (χ1) is 13.0. The maximum absolute atomic E-state index is 12.7. The number of benzene rings is 2. The monoisotopic (exact) mass is 450 g/mol. The number of likely N-dealkylation sites (tertiary alicyclic amines) is 1. The molecule has 0 spiro atoms. The molecule has 1 saturated heterocycles. The van der Waals surface area contributed by atoms with Gasteiger partial charge in [0, 0.05) is 23.5 Å². The third-order valence-electron chi connectivity index (χ3n) is 4.68. The quantitative estimate of drug-likeness (QED) is 0.739. The van der Waals surface area contributed by atoms with E-state index in [-0.39, 0.29) is 17.7 Å². The Morgan fingerprint density at radius 2 is 1.89 bits per heavy atom. The molecule has 0 atom stereocenters. The number of anilines is 1. The Kier molecular flexibility index (Phi) is 6.39. The van der Waals surface area contributed by atoms with E-state index in [1.807, 2.05) is 18.2 Å². The molecule has 0 unspecified atom stereocenters. The zero-order valence-corrected chi connectivity index (χ0v) is 17.2. The summed E-state index contributed by atoms with van der Waals surface area (Å²) in [6.45, 7) is 1.04. The minimum Gasteiger partial charge on any atom is -0.495 e. The van der Waals surface area contributed by atoms with Crippen molar-refractivity contribution >= 4 is 45.0 Å². The fraction of sp³-hybridized carbons (Fsp3) is 0.300. The van der Waals surface area contributed by atoms with Gasteiger partial charge in [-0.25, -0.2) is 0 Å². The number of methoxy groups -OCH3 is 1. The number of amides is 2. The molecular formula is C20H20BrClN2O3. The van der Waals surface area contributed by atoms with E-state index in [1.54, 1.807) is 36.3 Å². The number of nitrogens with zero attached hydrogens (tertiary/aromatic N) is 1. The molecule has 1 heterocycles. The van der Waals surface area contributed by atoms with E-state index in [4.69, 9.17) is 16.3 Å².